The minimum atomic E-state index is -3.74. The first-order chi connectivity index (χ1) is 15.9. The molecule has 4 rings (SSSR count). The van der Waals surface area contributed by atoms with Crippen LogP contribution in [0.15, 0.2) is 89.8 Å². The lowest BCUT2D eigenvalue weighted by atomic mass is 10.1. The van der Waals surface area contributed by atoms with Crippen LogP contribution in [0.2, 0.25) is 0 Å². The Kier molecular flexibility index (Phi) is 6.86. The number of para-hydroxylation sites is 1. The third-order valence-corrected chi connectivity index (χ3v) is 7.47. The molecule has 0 bridgehead atoms. The normalized spacial score (nSPS) is 16.3. The number of hydrogen-bond acceptors (Lipinski definition) is 4. The molecule has 33 heavy (non-hydrogen) atoms. The van der Waals surface area contributed by atoms with Gasteiger partial charge in [-0.25, -0.2) is 8.42 Å². The number of nitrogens with one attached hydrogen (secondary N) is 2. The zero-order valence-electron chi connectivity index (χ0n) is 18.0. The maximum Gasteiger partial charge on any atom is 0.255 e. The summed E-state index contributed by atoms with van der Waals surface area (Å²) in [4.78, 5) is 25.6. The number of carbonyl (C=O) groups excluding carboxylic acids is 2. The number of benzene rings is 3. The van der Waals surface area contributed by atoms with Crippen LogP contribution in [0.5, 0.6) is 0 Å². The summed E-state index contributed by atoms with van der Waals surface area (Å²) in [5.74, 6) is -0.587. The summed E-state index contributed by atoms with van der Waals surface area (Å²) < 4.78 is 27.3. The third-order valence-electron chi connectivity index (χ3n) is 5.54. The summed E-state index contributed by atoms with van der Waals surface area (Å²) in [6, 6.07) is 23.5. The van der Waals surface area contributed by atoms with Gasteiger partial charge in [0.15, 0.2) is 0 Å². The fraction of sp³-hybridized carbons (Fsp3) is 0.200. The van der Waals surface area contributed by atoms with E-state index in [2.05, 4.69) is 10.6 Å². The number of carbonyl (C=O) groups is 2. The molecule has 7 nitrogen and oxygen atoms in total. The van der Waals surface area contributed by atoms with Crippen molar-refractivity contribution in [1.29, 1.82) is 0 Å². The molecule has 2 amide bonds. The number of sulfonamides is 1. The van der Waals surface area contributed by atoms with Crippen molar-refractivity contribution in [2.45, 2.75) is 30.3 Å². The van der Waals surface area contributed by atoms with Gasteiger partial charge in [-0.2, -0.15) is 4.31 Å². The Labute approximate surface area is 193 Å². The molecular formula is C25H25N3O4S. The second-order valence-electron chi connectivity index (χ2n) is 7.83. The molecule has 1 fully saturated rings. The van der Waals surface area contributed by atoms with Crippen LogP contribution >= 0.6 is 0 Å². The molecule has 170 valence electrons. The van der Waals surface area contributed by atoms with Gasteiger partial charge in [0.2, 0.25) is 15.9 Å². The number of anilines is 1. The van der Waals surface area contributed by atoms with E-state index >= 15 is 0 Å². The summed E-state index contributed by atoms with van der Waals surface area (Å²) in [5.41, 5.74) is 1.92. The van der Waals surface area contributed by atoms with Crippen molar-refractivity contribution < 1.29 is 18.0 Å². The predicted molar refractivity (Wildman–Crippen MR) is 126 cm³/mol. The van der Waals surface area contributed by atoms with Gasteiger partial charge in [0.05, 0.1) is 4.90 Å². The second kappa shape index (κ2) is 9.97. The second-order valence-corrected chi connectivity index (χ2v) is 9.72. The summed E-state index contributed by atoms with van der Waals surface area (Å²) in [5, 5.41) is 5.67. The van der Waals surface area contributed by atoms with Gasteiger partial charge in [0.25, 0.3) is 5.91 Å². The molecule has 0 spiro atoms. The van der Waals surface area contributed by atoms with Crippen LogP contribution in [0.4, 0.5) is 5.69 Å². The van der Waals surface area contributed by atoms with Gasteiger partial charge >= 0.3 is 0 Å². The molecule has 1 unspecified atom stereocenters. The highest BCUT2D eigenvalue weighted by Crippen LogP contribution is 2.26. The van der Waals surface area contributed by atoms with Crippen molar-refractivity contribution in [1.82, 2.24) is 9.62 Å². The van der Waals surface area contributed by atoms with E-state index in [4.69, 9.17) is 0 Å². The lowest BCUT2D eigenvalue weighted by molar-refractivity contribution is -0.124. The minimum absolute atomic E-state index is 0.182. The third kappa shape index (κ3) is 5.30. The topological polar surface area (TPSA) is 95.6 Å². The molecule has 1 aliphatic heterocycles. The van der Waals surface area contributed by atoms with Crippen LogP contribution in [0.3, 0.4) is 0 Å². The number of rotatable bonds is 7. The van der Waals surface area contributed by atoms with E-state index in [1.165, 1.54) is 16.4 Å². The molecule has 3 aromatic rings. The molecule has 1 atom stereocenters. The maximum absolute atomic E-state index is 13.0. The van der Waals surface area contributed by atoms with Crippen LogP contribution in [0, 0.1) is 0 Å². The predicted octanol–water partition coefficient (Wildman–Crippen LogP) is 3.41. The van der Waals surface area contributed by atoms with E-state index in [0.717, 1.165) is 5.56 Å². The summed E-state index contributed by atoms with van der Waals surface area (Å²) >= 11 is 0. The Morgan fingerprint density at radius 3 is 2.33 bits per heavy atom. The van der Waals surface area contributed by atoms with Gasteiger partial charge in [0, 0.05) is 24.3 Å². The molecule has 0 aliphatic carbocycles. The van der Waals surface area contributed by atoms with Crippen LogP contribution in [0.25, 0.3) is 0 Å². The average molecular weight is 464 g/mol. The number of amides is 2. The van der Waals surface area contributed by atoms with Crippen molar-refractivity contribution >= 4 is 27.5 Å². The smallest absolute Gasteiger partial charge is 0.255 e. The van der Waals surface area contributed by atoms with Crippen molar-refractivity contribution in [2.75, 3.05) is 11.9 Å². The molecule has 3 aromatic carbocycles. The van der Waals surface area contributed by atoms with Crippen LogP contribution in [-0.4, -0.2) is 37.1 Å². The summed E-state index contributed by atoms with van der Waals surface area (Å²) in [6.45, 7) is 0.505. The molecule has 0 radical (unpaired) electrons. The first-order valence-corrected chi connectivity index (χ1v) is 12.2. The Balaban J connectivity index is 1.40. The number of nitrogens with zero attached hydrogens (tertiary/aromatic N) is 1. The molecule has 8 heteroatoms. The molecule has 0 aromatic heterocycles. The van der Waals surface area contributed by atoms with E-state index in [1.807, 2.05) is 24.3 Å². The van der Waals surface area contributed by atoms with Crippen LogP contribution < -0.4 is 10.6 Å². The van der Waals surface area contributed by atoms with E-state index in [9.17, 15) is 18.0 Å². The molecule has 1 heterocycles. The van der Waals surface area contributed by atoms with Crippen molar-refractivity contribution in [3.63, 3.8) is 0 Å². The fourth-order valence-electron chi connectivity index (χ4n) is 3.87. The Morgan fingerprint density at radius 1 is 0.909 bits per heavy atom. The van der Waals surface area contributed by atoms with Gasteiger partial charge in [-0.15, -0.1) is 0 Å². The van der Waals surface area contributed by atoms with Crippen LogP contribution in [-0.2, 0) is 21.4 Å². The highest BCUT2D eigenvalue weighted by molar-refractivity contribution is 7.89. The highest BCUT2D eigenvalue weighted by atomic mass is 32.2. The summed E-state index contributed by atoms with van der Waals surface area (Å²) in [6.07, 6.45) is 1.09. The molecule has 1 saturated heterocycles. The Morgan fingerprint density at radius 2 is 1.61 bits per heavy atom. The molecule has 0 saturated carbocycles. The lowest BCUT2D eigenvalue weighted by Crippen LogP contribution is -2.45. The van der Waals surface area contributed by atoms with E-state index in [-0.39, 0.29) is 23.3 Å². The zero-order chi connectivity index (χ0) is 23.3. The first kappa shape index (κ1) is 22.7. The monoisotopic (exact) mass is 463 g/mol. The van der Waals surface area contributed by atoms with Gasteiger partial charge in [-0.3, -0.25) is 9.59 Å². The van der Waals surface area contributed by atoms with E-state index < -0.39 is 16.1 Å². The van der Waals surface area contributed by atoms with Gasteiger partial charge < -0.3 is 10.6 Å². The highest BCUT2D eigenvalue weighted by Gasteiger charge is 2.39. The minimum Gasteiger partial charge on any atom is -0.351 e. The van der Waals surface area contributed by atoms with Crippen molar-refractivity contribution in [3.8, 4) is 0 Å². The van der Waals surface area contributed by atoms with E-state index in [1.54, 1.807) is 48.5 Å². The summed E-state index contributed by atoms with van der Waals surface area (Å²) in [7, 11) is -3.74. The largest absolute Gasteiger partial charge is 0.351 e. The maximum atomic E-state index is 13.0. The quantitative estimate of drug-likeness (QED) is 0.561. The molecule has 2 N–H and O–H groups in total. The molecule has 1 aliphatic rings. The SMILES string of the molecule is O=C(Nc1ccccc1)c1cccc(CNC(=O)C2CCCN2S(=O)(=O)c2ccccc2)c1. The van der Waals surface area contributed by atoms with Crippen molar-refractivity contribution in [2.24, 2.45) is 0 Å². The number of hydrogen-bond donors (Lipinski definition) is 2. The standard InChI is InChI=1S/C25H25N3O4S/c29-24(27-21-11-3-1-4-12-21)20-10-7-9-19(17-20)18-26-25(30)23-15-8-16-28(23)33(31,32)22-13-5-2-6-14-22/h1-7,9-14,17,23H,8,15-16,18H2,(H,26,30)(H,27,29). The lowest BCUT2D eigenvalue weighted by Gasteiger charge is -2.23. The van der Waals surface area contributed by atoms with Crippen LogP contribution in [0.1, 0.15) is 28.8 Å². The average Bonchev–Trinajstić information content (AvgIpc) is 3.35. The van der Waals surface area contributed by atoms with E-state index in [0.29, 0.717) is 30.6 Å². The van der Waals surface area contributed by atoms with Gasteiger partial charge in [-0.05, 0) is 54.8 Å². The molecular weight excluding hydrogens is 438 g/mol. The Bertz CT molecular complexity index is 1230. The zero-order valence-corrected chi connectivity index (χ0v) is 18.8. The first-order valence-electron chi connectivity index (χ1n) is 10.7. The fourth-order valence-corrected chi connectivity index (χ4v) is 5.55. The van der Waals surface area contributed by atoms with Crippen molar-refractivity contribution in [3.05, 3.63) is 96.1 Å². The van der Waals surface area contributed by atoms with Gasteiger partial charge in [-0.1, -0.05) is 48.5 Å². The Hall–Kier alpha value is -3.49. The van der Waals surface area contributed by atoms with Gasteiger partial charge in [0.1, 0.15) is 6.04 Å².